The molecule has 1 amide bonds. The van der Waals surface area contributed by atoms with E-state index in [-0.39, 0.29) is 5.91 Å². The molecule has 0 spiro atoms. The lowest BCUT2D eigenvalue weighted by Gasteiger charge is -2.16. The number of hydrazone groups is 1. The highest BCUT2D eigenvalue weighted by atomic mass is 32.1. The monoisotopic (exact) mass is 337 g/mol. The first-order valence-corrected chi connectivity index (χ1v) is 9.03. The van der Waals surface area contributed by atoms with Gasteiger partial charge in [0.25, 0.3) is 5.91 Å². The van der Waals surface area contributed by atoms with Crippen LogP contribution in [0.5, 0.6) is 0 Å². The molecule has 0 aliphatic heterocycles. The maximum Gasteiger partial charge on any atom is 0.281 e. The molecule has 0 saturated carbocycles. The van der Waals surface area contributed by atoms with Crippen LogP contribution in [0.25, 0.3) is 10.9 Å². The molecule has 4 rings (SSSR count). The number of carbonyl (C=O) groups excluding carboxylic acids is 1. The zero-order valence-corrected chi connectivity index (χ0v) is 14.3. The van der Waals surface area contributed by atoms with E-state index in [2.05, 4.69) is 22.4 Å². The SMILES string of the molecule is C[C@H]1CCc2sc(C(=O)N/N=C/c3c[nH]c4ccccc34)cc2C1. The molecule has 24 heavy (non-hydrogen) atoms. The minimum absolute atomic E-state index is 0.127. The van der Waals surface area contributed by atoms with Gasteiger partial charge in [0, 0.05) is 27.5 Å². The first-order valence-electron chi connectivity index (χ1n) is 8.22. The molecule has 2 aromatic heterocycles. The van der Waals surface area contributed by atoms with Gasteiger partial charge >= 0.3 is 0 Å². The average Bonchev–Trinajstić information content (AvgIpc) is 3.18. The number of benzene rings is 1. The predicted molar refractivity (Wildman–Crippen MR) is 98.9 cm³/mol. The second-order valence-electron chi connectivity index (χ2n) is 6.40. The molecule has 4 nitrogen and oxygen atoms in total. The Morgan fingerprint density at radius 2 is 2.29 bits per heavy atom. The van der Waals surface area contributed by atoms with E-state index in [1.807, 2.05) is 36.5 Å². The number of H-pyrrole nitrogens is 1. The Balaban J connectivity index is 1.47. The van der Waals surface area contributed by atoms with Gasteiger partial charge in [0.05, 0.1) is 11.1 Å². The molecule has 2 heterocycles. The highest BCUT2D eigenvalue weighted by Crippen LogP contribution is 2.32. The normalized spacial score (nSPS) is 17.3. The lowest BCUT2D eigenvalue weighted by molar-refractivity contribution is 0.0959. The first-order chi connectivity index (χ1) is 11.7. The van der Waals surface area contributed by atoms with Gasteiger partial charge in [0.2, 0.25) is 0 Å². The molecule has 0 bridgehead atoms. The molecule has 1 aliphatic rings. The third-order valence-electron chi connectivity index (χ3n) is 4.54. The number of nitrogens with one attached hydrogen (secondary N) is 2. The Kier molecular flexibility index (Phi) is 3.94. The molecular formula is C19H19N3OS. The summed E-state index contributed by atoms with van der Waals surface area (Å²) in [7, 11) is 0. The van der Waals surface area contributed by atoms with Gasteiger partial charge in [-0.05, 0) is 42.9 Å². The number of hydrogen-bond acceptors (Lipinski definition) is 3. The molecule has 0 radical (unpaired) electrons. The number of fused-ring (bicyclic) bond motifs is 2. The van der Waals surface area contributed by atoms with Gasteiger partial charge in [0.1, 0.15) is 0 Å². The van der Waals surface area contributed by atoms with Crippen LogP contribution in [0, 0.1) is 5.92 Å². The summed E-state index contributed by atoms with van der Waals surface area (Å²) in [6, 6.07) is 10.1. The third kappa shape index (κ3) is 2.87. The number of amides is 1. The Hall–Kier alpha value is -2.40. The summed E-state index contributed by atoms with van der Waals surface area (Å²) >= 11 is 1.60. The zero-order chi connectivity index (χ0) is 16.5. The Bertz CT molecular complexity index is 922. The highest BCUT2D eigenvalue weighted by Gasteiger charge is 2.20. The fraction of sp³-hybridized carbons (Fsp3) is 0.263. The smallest absolute Gasteiger partial charge is 0.281 e. The fourth-order valence-corrected chi connectivity index (χ4v) is 4.33. The predicted octanol–water partition coefficient (Wildman–Crippen LogP) is 4.12. The minimum atomic E-state index is -0.127. The number of nitrogens with zero attached hydrogens (tertiary/aromatic N) is 1. The summed E-state index contributed by atoms with van der Waals surface area (Å²) in [6.45, 7) is 2.27. The Morgan fingerprint density at radius 3 is 3.21 bits per heavy atom. The van der Waals surface area contributed by atoms with Crippen molar-refractivity contribution in [1.82, 2.24) is 10.4 Å². The van der Waals surface area contributed by atoms with Gasteiger partial charge in [-0.15, -0.1) is 11.3 Å². The molecule has 2 N–H and O–H groups in total. The second kappa shape index (κ2) is 6.24. The summed E-state index contributed by atoms with van der Waals surface area (Å²) in [6.07, 6.45) is 6.97. The van der Waals surface area contributed by atoms with Crippen molar-refractivity contribution in [2.75, 3.05) is 0 Å². The quantitative estimate of drug-likeness (QED) is 0.548. The largest absolute Gasteiger partial charge is 0.361 e. The van der Waals surface area contributed by atoms with Crippen molar-refractivity contribution >= 4 is 34.4 Å². The van der Waals surface area contributed by atoms with Crippen LogP contribution in [0.1, 0.15) is 39.0 Å². The lowest BCUT2D eigenvalue weighted by Crippen LogP contribution is -2.16. The van der Waals surface area contributed by atoms with E-state index in [1.165, 1.54) is 16.9 Å². The summed E-state index contributed by atoms with van der Waals surface area (Å²) < 4.78 is 0. The summed E-state index contributed by atoms with van der Waals surface area (Å²) in [5, 5.41) is 5.22. The number of aryl methyl sites for hydroxylation is 1. The van der Waals surface area contributed by atoms with E-state index in [0.717, 1.165) is 34.2 Å². The van der Waals surface area contributed by atoms with E-state index < -0.39 is 0 Å². The maximum absolute atomic E-state index is 12.3. The number of thiophene rings is 1. The number of aromatic nitrogens is 1. The van der Waals surface area contributed by atoms with E-state index >= 15 is 0 Å². The highest BCUT2D eigenvalue weighted by molar-refractivity contribution is 7.14. The number of hydrogen-bond donors (Lipinski definition) is 2. The number of carbonyl (C=O) groups is 1. The number of para-hydroxylation sites is 1. The van der Waals surface area contributed by atoms with E-state index in [0.29, 0.717) is 5.92 Å². The van der Waals surface area contributed by atoms with Crippen LogP contribution in [0.2, 0.25) is 0 Å². The second-order valence-corrected chi connectivity index (χ2v) is 7.53. The summed E-state index contributed by atoms with van der Waals surface area (Å²) in [5.41, 5.74) is 6.01. The molecule has 0 saturated heterocycles. The van der Waals surface area contributed by atoms with Crippen LogP contribution in [-0.4, -0.2) is 17.1 Å². The topological polar surface area (TPSA) is 57.2 Å². The van der Waals surface area contributed by atoms with Crippen molar-refractivity contribution in [3.8, 4) is 0 Å². The van der Waals surface area contributed by atoms with Crippen molar-refractivity contribution in [3.63, 3.8) is 0 Å². The number of aromatic amines is 1. The standard InChI is InChI=1S/C19H19N3OS/c1-12-6-7-17-13(8-12)9-18(24-17)19(23)22-21-11-14-10-20-16-5-3-2-4-15(14)16/h2-5,9-12,20H,6-8H2,1H3,(H,22,23)/b21-11+/t12-/m0/s1. The van der Waals surface area contributed by atoms with Crippen LogP contribution in [0.15, 0.2) is 41.6 Å². The minimum Gasteiger partial charge on any atom is -0.361 e. The van der Waals surface area contributed by atoms with Crippen molar-refractivity contribution in [2.45, 2.75) is 26.2 Å². The van der Waals surface area contributed by atoms with E-state index in [1.54, 1.807) is 17.6 Å². The number of rotatable bonds is 3. The molecule has 122 valence electrons. The summed E-state index contributed by atoms with van der Waals surface area (Å²) in [5.74, 6) is 0.584. The molecule has 1 aromatic carbocycles. The first kappa shape index (κ1) is 15.1. The summed E-state index contributed by atoms with van der Waals surface area (Å²) in [4.78, 5) is 17.6. The van der Waals surface area contributed by atoms with E-state index in [4.69, 9.17) is 0 Å². The van der Waals surface area contributed by atoms with Crippen LogP contribution in [0.4, 0.5) is 0 Å². The maximum atomic E-state index is 12.3. The average molecular weight is 337 g/mol. The van der Waals surface area contributed by atoms with Gasteiger partial charge < -0.3 is 4.98 Å². The van der Waals surface area contributed by atoms with Gasteiger partial charge in [-0.3, -0.25) is 4.79 Å². The van der Waals surface area contributed by atoms with Crippen LogP contribution in [0.3, 0.4) is 0 Å². The molecule has 0 unspecified atom stereocenters. The van der Waals surface area contributed by atoms with Gasteiger partial charge in [-0.2, -0.15) is 5.10 Å². The van der Waals surface area contributed by atoms with Gasteiger partial charge in [-0.25, -0.2) is 5.43 Å². The zero-order valence-electron chi connectivity index (χ0n) is 13.5. The molecule has 1 aliphatic carbocycles. The molecular weight excluding hydrogens is 318 g/mol. The third-order valence-corrected chi connectivity index (χ3v) is 5.78. The Morgan fingerprint density at radius 1 is 1.42 bits per heavy atom. The molecule has 3 aromatic rings. The van der Waals surface area contributed by atoms with E-state index in [9.17, 15) is 4.79 Å². The van der Waals surface area contributed by atoms with Crippen molar-refractivity contribution in [3.05, 3.63) is 57.4 Å². The van der Waals surface area contributed by atoms with Crippen molar-refractivity contribution < 1.29 is 4.79 Å². The van der Waals surface area contributed by atoms with Crippen LogP contribution >= 0.6 is 11.3 Å². The van der Waals surface area contributed by atoms with Gasteiger partial charge in [0.15, 0.2) is 0 Å². The van der Waals surface area contributed by atoms with Crippen molar-refractivity contribution in [2.24, 2.45) is 11.0 Å². The fourth-order valence-electron chi connectivity index (χ4n) is 3.23. The van der Waals surface area contributed by atoms with Crippen LogP contribution < -0.4 is 5.43 Å². The lowest BCUT2D eigenvalue weighted by atomic mass is 9.90. The molecule has 5 heteroatoms. The van der Waals surface area contributed by atoms with Crippen LogP contribution in [-0.2, 0) is 12.8 Å². The molecule has 1 atom stereocenters. The molecule has 0 fully saturated rings. The van der Waals surface area contributed by atoms with Crippen molar-refractivity contribution in [1.29, 1.82) is 0 Å². The Labute approximate surface area is 144 Å². The van der Waals surface area contributed by atoms with Gasteiger partial charge in [-0.1, -0.05) is 25.1 Å².